The Kier molecular flexibility index (Phi) is 4.96. The molecule has 6 heteroatoms. The van der Waals surface area contributed by atoms with Crippen molar-refractivity contribution in [3.05, 3.63) is 56.4 Å². The molecular formula is C20H23N3O2S. The molecular weight excluding hydrogens is 346 g/mol. The van der Waals surface area contributed by atoms with Crippen LogP contribution in [0.3, 0.4) is 0 Å². The third-order valence-corrected chi connectivity index (χ3v) is 5.78. The zero-order valence-corrected chi connectivity index (χ0v) is 16.5. The minimum Gasteiger partial charge on any atom is -0.324 e. The third-order valence-electron chi connectivity index (χ3n) is 4.66. The molecule has 1 aromatic carbocycles. The van der Waals surface area contributed by atoms with Crippen molar-refractivity contribution in [3.63, 3.8) is 0 Å². The zero-order valence-electron chi connectivity index (χ0n) is 15.7. The van der Waals surface area contributed by atoms with Gasteiger partial charge in [-0.2, -0.15) is 0 Å². The number of fused-ring (bicyclic) bond motifs is 1. The summed E-state index contributed by atoms with van der Waals surface area (Å²) in [5.74, 6) is 0.0661. The molecule has 0 unspecified atom stereocenters. The SMILES string of the molecule is Cc1cccc(C(C)C)c1NC(=O)Cn1cnc2sc(C)c(C)c2c1=O. The molecule has 0 aliphatic heterocycles. The highest BCUT2D eigenvalue weighted by Gasteiger charge is 2.16. The number of amides is 1. The lowest BCUT2D eigenvalue weighted by atomic mass is 9.98. The van der Waals surface area contributed by atoms with Crippen LogP contribution in [0, 0.1) is 20.8 Å². The zero-order chi connectivity index (χ0) is 19.0. The first-order valence-electron chi connectivity index (χ1n) is 8.64. The van der Waals surface area contributed by atoms with Gasteiger partial charge in [0.2, 0.25) is 5.91 Å². The van der Waals surface area contributed by atoms with Crippen LogP contribution in [-0.4, -0.2) is 15.5 Å². The van der Waals surface area contributed by atoms with Gasteiger partial charge in [0.15, 0.2) is 0 Å². The van der Waals surface area contributed by atoms with Gasteiger partial charge in [0, 0.05) is 10.6 Å². The number of nitrogens with one attached hydrogen (secondary N) is 1. The third kappa shape index (κ3) is 3.29. The topological polar surface area (TPSA) is 64.0 Å². The maximum atomic E-state index is 12.7. The summed E-state index contributed by atoms with van der Waals surface area (Å²) in [6.45, 7) is 10.00. The van der Waals surface area contributed by atoms with Gasteiger partial charge in [-0.25, -0.2) is 4.98 Å². The molecule has 0 radical (unpaired) electrons. The lowest BCUT2D eigenvalue weighted by molar-refractivity contribution is -0.116. The van der Waals surface area contributed by atoms with E-state index in [2.05, 4.69) is 24.1 Å². The van der Waals surface area contributed by atoms with Crippen LogP contribution in [0.25, 0.3) is 10.2 Å². The number of hydrogen-bond donors (Lipinski definition) is 1. The fourth-order valence-electron chi connectivity index (χ4n) is 3.06. The van der Waals surface area contributed by atoms with Crippen LogP contribution in [-0.2, 0) is 11.3 Å². The van der Waals surface area contributed by atoms with Gasteiger partial charge in [-0.1, -0.05) is 32.0 Å². The first-order chi connectivity index (χ1) is 12.3. The van der Waals surface area contributed by atoms with Crippen molar-refractivity contribution in [2.45, 2.75) is 47.1 Å². The normalized spacial score (nSPS) is 11.3. The Labute approximate surface area is 156 Å². The Balaban J connectivity index is 1.90. The summed E-state index contributed by atoms with van der Waals surface area (Å²) in [4.78, 5) is 31.5. The highest BCUT2D eigenvalue weighted by Crippen LogP contribution is 2.28. The molecule has 0 aliphatic carbocycles. The summed E-state index contributed by atoms with van der Waals surface area (Å²) in [6.07, 6.45) is 1.46. The fourth-order valence-corrected chi connectivity index (χ4v) is 4.05. The lowest BCUT2D eigenvalue weighted by Crippen LogP contribution is -2.28. The van der Waals surface area contributed by atoms with E-state index >= 15 is 0 Å². The highest BCUT2D eigenvalue weighted by molar-refractivity contribution is 7.18. The molecule has 5 nitrogen and oxygen atoms in total. The lowest BCUT2D eigenvalue weighted by Gasteiger charge is -2.16. The predicted octanol–water partition coefficient (Wildman–Crippen LogP) is 4.15. The van der Waals surface area contributed by atoms with Gasteiger partial charge in [0.25, 0.3) is 5.56 Å². The Morgan fingerprint density at radius 2 is 2.00 bits per heavy atom. The van der Waals surface area contributed by atoms with Crippen molar-refractivity contribution in [3.8, 4) is 0 Å². The summed E-state index contributed by atoms with van der Waals surface area (Å²) < 4.78 is 1.38. The van der Waals surface area contributed by atoms with Gasteiger partial charge in [-0.05, 0) is 43.4 Å². The molecule has 3 aromatic rings. The second-order valence-electron chi connectivity index (χ2n) is 6.88. The van der Waals surface area contributed by atoms with Gasteiger partial charge < -0.3 is 5.32 Å². The van der Waals surface area contributed by atoms with Crippen molar-refractivity contribution in [1.82, 2.24) is 9.55 Å². The second-order valence-corrected chi connectivity index (χ2v) is 8.09. The van der Waals surface area contributed by atoms with E-state index in [0.717, 1.165) is 32.1 Å². The molecule has 0 saturated carbocycles. The van der Waals surface area contributed by atoms with Crippen LogP contribution >= 0.6 is 11.3 Å². The van der Waals surface area contributed by atoms with Crippen molar-refractivity contribution >= 4 is 33.1 Å². The average molecular weight is 369 g/mol. The molecule has 3 rings (SSSR count). The number of nitrogens with zero attached hydrogens (tertiary/aromatic N) is 2. The van der Waals surface area contributed by atoms with Crippen LogP contribution < -0.4 is 10.9 Å². The van der Waals surface area contributed by atoms with Crippen LogP contribution in [0.15, 0.2) is 29.3 Å². The predicted molar refractivity (Wildman–Crippen MR) is 107 cm³/mol. The average Bonchev–Trinajstić information content (AvgIpc) is 2.87. The number of aryl methyl sites for hydroxylation is 3. The van der Waals surface area contributed by atoms with Crippen molar-refractivity contribution < 1.29 is 4.79 Å². The van der Waals surface area contributed by atoms with Crippen molar-refractivity contribution in [1.29, 1.82) is 0 Å². The number of benzene rings is 1. The van der Waals surface area contributed by atoms with Gasteiger partial charge >= 0.3 is 0 Å². The second kappa shape index (κ2) is 7.03. The molecule has 1 amide bonds. The quantitative estimate of drug-likeness (QED) is 0.751. The number of thiophene rings is 1. The standard InChI is InChI=1S/C20H23N3O2S/c1-11(2)15-8-6-7-12(3)18(15)22-16(24)9-23-10-21-19-17(20(23)25)13(4)14(5)26-19/h6-8,10-11H,9H2,1-5H3,(H,22,24). The molecule has 1 N–H and O–H groups in total. The summed E-state index contributed by atoms with van der Waals surface area (Å²) in [5.41, 5.74) is 3.70. The minimum atomic E-state index is -0.228. The molecule has 26 heavy (non-hydrogen) atoms. The van der Waals surface area contributed by atoms with E-state index in [0.29, 0.717) is 11.3 Å². The van der Waals surface area contributed by atoms with E-state index in [9.17, 15) is 9.59 Å². The number of para-hydroxylation sites is 1. The summed E-state index contributed by atoms with van der Waals surface area (Å²) in [5, 5.41) is 3.59. The minimum absolute atomic E-state index is 0.0536. The number of carbonyl (C=O) groups excluding carboxylic acids is 1. The number of rotatable bonds is 4. The highest BCUT2D eigenvalue weighted by atomic mass is 32.1. The maximum Gasteiger partial charge on any atom is 0.262 e. The summed E-state index contributed by atoms with van der Waals surface area (Å²) in [7, 11) is 0. The van der Waals surface area contributed by atoms with Crippen LogP contribution in [0.4, 0.5) is 5.69 Å². The molecule has 2 aromatic heterocycles. The molecule has 0 saturated heterocycles. The Morgan fingerprint density at radius 3 is 2.69 bits per heavy atom. The molecule has 136 valence electrons. The summed E-state index contributed by atoms with van der Waals surface area (Å²) in [6, 6.07) is 5.98. The Morgan fingerprint density at radius 1 is 1.27 bits per heavy atom. The first kappa shape index (κ1) is 18.3. The Bertz CT molecular complexity index is 1050. The molecule has 0 atom stereocenters. The van der Waals surface area contributed by atoms with Crippen molar-refractivity contribution in [2.24, 2.45) is 0 Å². The smallest absolute Gasteiger partial charge is 0.262 e. The van der Waals surface area contributed by atoms with E-state index in [1.54, 1.807) is 0 Å². The van der Waals surface area contributed by atoms with Crippen LogP contribution in [0.1, 0.15) is 41.3 Å². The number of aromatic nitrogens is 2. The number of carbonyl (C=O) groups is 1. The van der Waals surface area contributed by atoms with E-state index in [1.807, 2.05) is 39.0 Å². The monoisotopic (exact) mass is 369 g/mol. The number of hydrogen-bond acceptors (Lipinski definition) is 4. The summed E-state index contributed by atoms with van der Waals surface area (Å²) >= 11 is 1.51. The van der Waals surface area contributed by atoms with Crippen LogP contribution in [0.5, 0.6) is 0 Å². The fraction of sp³-hybridized carbons (Fsp3) is 0.350. The van der Waals surface area contributed by atoms with E-state index < -0.39 is 0 Å². The van der Waals surface area contributed by atoms with E-state index in [-0.39, 0.29) is 18.0 Å². The Hall–Kier alpha value is -2.47. The molecule has 0 spiro atoms. The maximum absolute atomic E-state index is 12.7. The molecule has 2 heterocycles. The molecule has 0 bridgehead atoms. The largest absolute Gasteiger partial charge is 0.324 e. The van der Waals surface area contributed by atoms with E-state index in [4.69, 9.17) is 0 Å². The van der Waals surface area contributed by atoms with Crippen LogP contribution in [0.2, 0.25) is 0 Å². The van der Waals surface area contributed by atoms with Gasteiger partial charge in [0.1, 0.15) is 11.4 Å². The van der Waals surface area contributed by atoms with Crippen molar-refractivity contribution in [2.75, 3.05) is 5.32 Å². The number of anilines is 1. The molecule has 0 fully saturated rings. The first-order valence-corrected chi connectivity index (χ1v) is 9.45. The van der Waals surface area contributed by atoms with Gasteiger partial charge in [-0.15, -0.1) is 11.3 Å². The van der Waals surface area contributed by atoms with Gasteiger partial charge in [-0.3, -0.25) is 14.2 Å². The molecule has 0 aliphatic rings. The van der Waals surface area contributed by atoms with Gasteiger partial charge in [0.05, 0.1) is 11.7 Å². The van der Waals surface area contributed by atoms with E-state index in [1.165, 1.54) is 22.2 Å².